The second-order valence-corrected chi connectivity index (χ2v) is 9.40. The topological polar surface area (TPSA) is 25.8 Å². The average molecular weight is 395 g/mol. The van der Waals surface area contributed by atoms with E-state index in [1.807, 2.05) is 0 Å². The van der Waals surface area contributed by atoms with Crippen molar-refractivity contribution in [2.45, 2.75) is 26.2 Å². The van der Waals surface area contributed by atoms with E-state index in [1.54, 1.807) is 11.3 Å². The maximum Gasteiger partial charge on any atom is 0.136 e. The minimum Gasteiger partial charge on any atom is -0.232 e. The van der Waals surface area contributed by atoms with Crippen LogP contribution in [-0.4, -0.2) is 9.97 Å². The number of rotatable bonds is 2. The third-order valence-corrected chi connectivity index (χ3v) is 6.22. The van der Waals surface area contributed by atoms with Crippen molar-refractivity contribution in [1.82, 2.24) is 9.97 Å². The van der Waals surface area contributed by atoms with Crippen LogP contribution in [0, 0.1) is 0 Å². The van der Waals surface area contributed by atoms with E-state index in [9.17, 15) is 0 Å². The van der Waals surface area contributed by atoms with Gasteiger partial charge in [-0.1, -0.05) is 87.5 Å². The summed E-state index contributed by atoms with van der Waals surface area (Å²) < 4.78 is 1.25. The Labute approximate surface area is 174 Å². The molecule has 0 aliphatic heterocycles. The van der Waals surface area contributed by atoms with Gasteiger partial charge in [0.2, 0.25) is 0 Å². The molecule has 5 rings (SSSR count). The van der Waals surface area contributed by atoms with Crippen LogP contribution in [0.1, 0.15) is 26.6 Å². The molecule has 0 aliphatic rings. The van der Waals surface area contributed by atoms with Gasteiger partial charge in [-0.25, -0.2) is 9.97 Å². The summed E-state index contributed by atoms with van der Waals surface area (Å²) in [4.78, 5) is 11.1. The molecule has 0 atom stereocenters. The highest BCUT2D eigenvalue weighted by Gasteiger charge is 2.22. The Hall–Kier alpha value is -3.04. The predicted molar refractivity (Wildman–Crippen MR) is 124 cm³/mol. The Bertz CT molecular complexity index is 1330. The smallest absolute Gasteiger partial charge is 0.136 e. The van der Waals surface area contributed by atoms with Gasteiger partial charge in [-0.15, -0.1) is 11.3 Å². The molecule has 0 unspecified atom stereocenters. The minimum atomic E-state index is -0.115. The van der Waals surface area contributed by atoms with Crippen LogP contribution in [0.25, 0.3) is 42.7 Å². The van der Waals surface area contributed by atoms with Gasteiger partial charge in [0.05, 0.1) is 5.69 Å². The van der Waals surface area contributed by atoms with Crippen LogP contribution in [0.15, 0.2) is 78.9 Å². The molecule has 2 heterocycles. The Morgan fingerprint density at radius 3 is 2.17 bits per heavy atom. The van der Waals surface area contributed by atoms with Gasteiger partial charge in [0.25, 0.3) is 0 Å². The molecule has 29 heavy (non-hydrogen) atoms. The van der Waals surface area contributed by atoms with Crippen LogP contribution in [0.3, 0.4) is 0 Å². The molecular weight excluding hydrogens is 372 g/mol. The molecule has 0 spiro atoms. The number of hydrogen-bond acceptors (Lipinski definition) is 3. The lowest BCUT2D eigenvalue weighted by atomic mass is 9.94. The van der Waals surface area contributed by atoms with E-state index in [1.165, 1.54) is 21.2 Å². The molecular formula is C26H22N2S. The third-order valence-electron chi connectivity index (χ3n) is 5.15. The van der Waals surface area contributed by atoms with Gasteiger partial charge in [-0.2, -0.15) is 0 Å². The van der Waals surface area contributed by atoms with Crippen molar-refractivity contribution in [2.75, 3.05) is 0 Å². The van der Waals surface area contributed by atoms with Gasteiger partial charge >= 0.3 is 0 Å². The van der Waals surface area contributed by atoms with Crippen LogP contribution < -0.4 is 0 Å². The van der Waals surface area contributed by atoms with Gasteiger partial charge in [0.15, 0.2) is 0 Å². The summed E-state index contributed by atoms with van der Waals surface area (Å²) in [7, 11) is 0. The number of nitrogens with zero attached hydrogens (tertiary/aromatic N) is 2. The molecule has 0 N–H and O–H groups in total. The Morgan fingerprint density at radius 2 is 1.38 bits per heavy atom. The molecule has 3 heteroatoms. The fourth-order valence-electron chi connectivity index (χ4n) is 3.64. The first-order chi connectivity index (χ1) is 14.0. The number of aromatic nitrogens is 2. The number of thiophene rings is 1. The highest BCUT2D eigenvalue weighted by Crippen LogP contribution is 2.40. The van der Waals surface area contributed by atoms with Crippen LogP contribution in [0.2, 0.25) is 0 Å². The lowest BCUT2D eigenvalue weighted by Crippen LogP contribution is -2.16. The zero-order valence-corrected chi connectivity index (χ0v) is 17.6. The molecule has 0 fully saturated rings. The van der Waals surface area contributed by atoms with Crippen molar-refractivity contribution in [3.63, 3.8) is 0 Å². The van der Waals surface area contributed by atoms with Gasteiger partial charge in [0, 0.05) is 26.5 Å². The van der Waals surface area contributed by atoms with E-state index in [4.69, 9.17) is 9.97 Å². The van der Waals surface area contributed by atoms with Gasteiger partial charge in [-0.05, 0) is 23.3 Å². The fourth-order valence-corrected chi connectivity index (χ4v) is 4.72. The lowest BCUT2D eigenvalue weighted by Gasteiger charge is -2.18. The van der Waals surface area contributed by atoms with Crippen LogP contribution in [-0.2, 0) is 5.41 Å². The molecule has 142 valence electrons. The lowest BCUT2D eigenvalue weighted by molar-refractivity contribution is 0.549. The van der Waals surface area contributed by atoms with Crippen molar-refractivity contribution in [2.24, 2.45) is 0 Å². The van der Waals surface area contributed by atoms with Crippen molar-refractivity contribution < 1.29 is 0 Å². The summed E-state index contributed by atoms with van der Waals surface area (Å²) in [6.07, 6.45) is 0. The first-order valence-corrected chi connectivity index (χ1v) is 10.7. The molecule has 0 amide bonds. The summed E-state index contributed by atoms with van der Waals surface area (Å²) in [5.41, 5.74) is 4.46. The monoisotopic (exact) mass is 394 g/mol. The van der Waals surface area contributed by atoms with E-state index in [2.05, 4.69) is 99.6 Å². The van der Waals surface area contributed by atoms with E-state index >= 15 is 0 Å². The SMILES string of the molecule is CC(C)(C)c1nc(-c2cccc(-c3ccccc3)c2)c2c(n1)sc1ccccc12. The first-order valence-electron chi connectivity index (χ1n) is 9.86. The normalized spacial score (nSPS) is 12.0. The van der Waals surface area contributed by atoms with Crippen molar-refractivity contribution >= 4 is 31.6 Å². The van der Waals surface area contributed by atoms with E-state index in [0.717, 1.165) is 27.3 Å². The number of benzene rings is 3. The quantitative estimate of drug-likeness (QED) is 0.310. The van der Waals surface area contributed by atoms with E-state index in [-0.39, 0.29) is 5.41 Å². The zero-order chi connectivity index (χ0) is 20.0. The highest BCUT2D eigenvalue weighted by atomic mass is 32.1. The molecule has 0 aliphatic carbocycles. The standard InChI is InChI=1S/C26H22N2S/c1-26(2,3)25-27-23(22-20-14-7-8-15-21(20)29-24(22)28-25)19-13-9-12-18(16-19)17-10-5-4-6-11-17/h4-16H,1-3H3. The molecule has 2 aromatic heterocycles. The molecule has 3 aromatic carbocycles. The largest absolute Gasteiger partial charge is 0.232 e. The molecule has 0 saturated carbocycles. The van der Waals surface area contributed by atoms with Crippen LogP contribution >= 0.6 is 11.3 Å². The summed E-state index contributed by atoms with van der Waals surface area (Å²) in [5, 5.41) is 2.39. The number of hydrogen-bond donors (Lipinski definition) is 0. The fraction of sp³-hybridized carbons (Fsp3) is 0.154. The van der Waals surface area contributed by atoms with Gasteiger partial charge in [-0.3, -0.25) is 0 Å². The Balaban J connectivity index is 1.82. The Kier molecular flexibility index (Phi) is 4.21. The summed E-state index contributed by atoms with van der Waals surface area (Å²) >= 11 is 1.75. The third kappa shape index (κ3) is 3.22. The van der Waals surface area contributed by atoms with Crippen molar-refractivity contribution in [3.05, 3.63) is 84.7 Å². The average Bonchev–Trinajstić information content (AvgIpc) is 3.12. The molecule has 0 radical (unpaired) electrons. The van der Waals surface area contributed by atoms with Crippen molar-refractivity contribution in [3.8, 4) is 22.4 Å². The molecule has 0 saturated heterocycles. The first kappa shape index (κ1) is 18.0. The molecule has 2 nitrogen and oxygen atoms in total. The summed E-state index contributed by atoms with van der Waals surface area (Å²) in [6, 6.07) is 27.7. The van der Waals surface area contributed by atoms with Gasteiger partial charge in [0.1, 0.15) is 10.7 Å². The van der Waals surface area contributed by atoms with Gasteiger partial charge < -0.3 is 0 Å². The summed E-state index contributed by atoms with van der Waals surface area (Å²) in [5.74, 6) is 0.886. The van der Waals surface area contributed by atoms with Crippen LogP contribution in [0.4, 0.5) is 0 Å². The highest BCUT2D eigenvalue weighted by molar-refractivity contribution is 7.25. The number of fused-ring (bicyclic) bond motifs is 3. The van der Waals surface area contributed by atoms with Crippen LogP contribution in [0.5, 0.6) is 0 Å². The predicted octanol–water partition coefficient (Wildman–Crippen LogP) is 7.48. The molecule has 0 bridgehead atoms. The van der Waals surface area contributed by atoms with Crippen molar-refractivity contribution in [1.29, 1.82) is 0 Å². The maximum atomic E-state index is 5.10. The second kappa shape index (κ2) is 6.78. The second-order valence-electron chi connectivity index (χ2n) is 8.37. The zero-order valence-electron chi connectivity index (χ0n) is 16.8. The molecule has 5 aromatic rings. The Morgan fingerprint density at radius 1 is 0.690 bits per heavy atom. The summed E-state index contributed by atoms with van der Waals surface area (Å²) in [6.45, 7) is 6.52. The van der Waals surface area contributed by atoms with E-state index in [0.29, 0.717) is 0 Å². The minimum absolute atomic E-state index is 0.115. The maximum absolute atomic E-state index is 5.10. The van der Waals surface area contributed by atoms with E-state index < -0.39 is 0 Å².